The van der Waals surface area contributed by atoms with E-state index in [4.69, 9.17) is 16.3 Å². The van der Waals surface area contributed by atoms with Gasteiger partial charge in [-0.3, -0.25) is 9.00 Å². The Morgan fingerprint density at radius 2 is 2.08 bits per heavy atom. The van der Waals surface area contributed by atoms with Gasteiger partial charge in [0.15, 0.2) is 0 Å². The van der Waals surface area contributed by atoms with Crippen LogP contribution in [0.1, 0.15) is 72.9 Å². The standard InChI is InChI=1S/C30H37ClN2O3S/c1-2-33-20-22-13-14-24(22)25-12-4-3-7-18-37(35)32-30(34)26-15-16-27(29(33)28(25)26)36-17-6-5-9-21-10-8-11-23(31)19-21/h4,8,10-12,15-16,19,22,24-25,37H,2-3,5-7,9,13-14,17-18,20H2,1H3/b12-4+/t22-,24+,25-/m0/s1. The maximum atomic E-state index is 13.3. The van der Waals surface area contributed by atoms with Crippen molar-refractivity contribution in [3.05, 3.63) is 70.3 Å². The molecule has 0 spiro atoms. The number of ether oxygens (including phenoxy) is 1. The Bertz CT molecular complexity index is 1250. The van der Waals surface area contributed by atoms with Crippen molar-refractivity contribution in [2.75, 3.05) is 30.3 Å². The van der Waals surface area contributed by atoms with E-state index in [9.17, 15) is 9.00 Å². The van der Waals surface area contributed by atoms with E-state index >= 15 is 0 Å². The van der Waals surface area contributed by atoms with E-state index in [0.717, 1.165) is 67.2 Å². The van der Waals surface area contributed by atoms with Crippen LogP contribution < -0.4 is 9.64 Å². The molecule has 5 nitrogen and oxygen atoms in total. The van der Waals surface area contributed by atoms with Gasteiger partial charge in [-0.2, -0.15) is 4.36 Å². The quantitative estimate of drug-likeness (QED) is 0.237. The molecule has 0 radical (unpaired) electrons. The number of aryl methyl sites for hydroxylation is 1. The number of thiol groups is 1. The third-order valence-electron chi connectivity index (χ3n) is 8.11. The zero-order chi connectivity index (χ0) is 25.8. The average Bonchev–Trinajstić information content (AvgIpc) is 2.97. The van der Waals surface area contributed by atoms with Gasteiger partial charge in [-0.1, -0.05) is 35.9 Å². The second kappa shape index (κ2) is 12.0. The van der Waals surface area contributed by atoms with Gasteiger partial charge in [0, 0.05) is 45.9 Å². The Balaban J connectivity index is 1.45. The van der Waals surface area contributed by atoms with Gasteiger partial charge in [-0.25, -0.2) is 0 Å². The lowest BCUT2D eigenvalue weighted by molar-refractivity contribution is 0.100. The lowest BCUT2D eigenvalue weighted by Crippen LogP contribution is -2.37. The van der Waals surface area contributed by atoms with Gasteiger partial charge in [0.05, 0.1) is 12.3 Å². The van der Waals surface area contributed by atoms with Gasteiger partial charge < -0.3 is 9.64 Å². The van der Waals surface area contributed by atoms with Crippen molar-refractivity contribution in [2.45, 2.75) is 57.8 Å². The fourth-order valence-electron chi connectivity index (χ4n) is 6.06. The van der Waals surface area contributed by atoms with Crippen molar-refractivity contribution in [1.82, 2.24) is 0 Å². The van der Waals surface area contributed by atoms with Crippen LogP contribution in [0.2, 0.25) is 5.02 Å². The monoisotopic (exact) mass is 540 g/mol. The number of anilines is 1. The Labute approximate surface area is 227 Å². The first kappa shape index (κ1) is 26.3. The molecule has 1 aliphatic carbocycles. The predicted octanol–water partition coefficient (Wildman–Crippen LogP) is 6.85. The highest BCUT2D eigenvalue weighted by molar-refractivity contribution is 7.75. The maximum Gasteiger partial charge on any atom is 0.285 e. The first-order valence-electron chi connectivity index (χ1n) is 13.7. The molecule has 2 aromatic carbocycles. The van der Waals surface area contributed by atoms with Crippen LogP contribution in [0.15, 0.2) is 52.9 Å². The Morgan fingerprint density at radius 3 is 2.86 bits per heavy atom. The fraction of sp³-hybridized carbons (Fsp3) is 0.500. The van der Waals surface area contributed by atoms with Crippen LogP contribution in [-0.2, 0) is 17.0 Å². The number of nitrogens with zero attached hydrogens (tertiary/aromatic N) is 2. The summed E-state index contributed by atoms with van der Waals surface area (Å²) in [5.41, 5.74) is 3.90. The van der Waals surface area contributed by atoms with Crippen LogP contribution in [0.25, 0.3) is 0 Å². The number of halogens is 1. The molecule has 7 heteroatoms. The molecule has 0 saturated heterocycles. The number of allylic oxidation sites excluding steroid dienone is 2. The normalized spacial score (nSPS) is 26.4. The van der Waals surface area contributed by atoms with Crippen LogP contribution >= 0.6 is 11.6 Å². The number of carbonyl (C=O) groups excluding carboxylic acids is 1. The van der Waals surface area contributed by atoms with Gasteiger partial charge in [0.25, 0.3) is 5.91 Å². The summed E-state index contributed by atoms with van der Waals surface area (Å²) in [4.78, 5) is 15.7. The molecular weight excluding hydrogens is 504 g/mol. The summed E-state index contributed by atoms with van der Waals surface area (Å²) in [6.45, 7) is 4.61. The summed E-state index contributed by atoms with van der Waals surface area (Å²) in [6.07, 6.45) is 11.5. The zero-order valence-electron chi connectivity index (χ0n) is 21.6. The molecule has 3 aliphatic rings. The lowest BCUT2D eigenvalue weighted by atomic mass is 9.65. The van der Waals surface area contributed by atoms with Crippen molar-refractivity contribution in [2.24, 2.45) is 16.2 Å². The third kappa shape index (κ3) is 5.91. The average molecular weight is 541 g/mol. The summed E-state index contributed by atoms with van der Waals surface area (Å²) >= 11 is 6.13. The number of hydrogen-bond donors (Lipinski definition) is 1. The summed E-state index contributed by atoms with van der Waals surface area (Å²) in [5, 5.41) is 0.773. The first-order valence-corrected chi connectivity index (χ1v) is 15.5. The molecule has 2 aliphatic heterocycles. The Kier molecular flexibility index (Phi) is 8.56. The first-order chi connectivity index (χ1) is 18.0. The van der Waals surface area contributed by atoms with Crippen LogP contribution in [0.4, 0.5) is 5.69 Å². The summed E-state index contributed by atoms with van der Waals surface area (Å²) in [5.74, 6) is 2.23. The van der Waals surface area contributed by atoms with E-state index in [0.29, 0.717) is 29.8 Å². The van der Waals surface area contributed by atoms with Crippen LogP contribution in [0.5, 0.6) is 5.75 Å². The number of carbonyl (C=O) groups is 1. The number of amides is 1. The minimum absolute atomic E-state index is 0.154. The Hall–Kier alpha value is -2.31. The largest absolute Gasteiger partial charge is 0.491 e. The SMILES string of the molecule is CCN1C[C@@H]2CC[C@H]2[C@@H]2/C=C/CCC/[SH](=O)=N\C(=O)c3ccc(OCCCCc4cccc(Cl)c4)c1c32. The summed E-state index contributed by atoms with van der Waals surface area (Å²) in [6, 6.07) is 11.8. The van der Waals surface area contributed by atoms with Crippen LogP contribution in [0, 0.1) is 11.8 Å². The number of rotatable bonds is 7. The molecule has 5 rings (SSSR count). The molecular formula is C30H37ClN2O3S. The third-order valence-corrected chi connectivity index (χ3v) is 9.45. The highest BCUT2D eigenvalue weighted by atomic mass is 35.5. The summed E-state index contributed by atoms with van der Waals surface area (Å²) in [7, 11) is -1.88. The molecule has 2 aromatic rings. The smallest absolute Gasteiger partial charge is 0.285 e. The van der Waals surface area contributed by atoms with E-state index in [1.807, 2.05) is 30.3 Å². The van der Waals surface area contributed by atoms with E-state index in [-0.39, 0.29) is 11.8 Å². The minimum atomic E-state index is -1.88. The van der Waals surface area contributed by atoms with Crippen molar-refractivity contribution in [3.8, 4) is 5.75 Å². The minimum Gasteiger partial charge on any atom is -0.491 e. The number of fused-ring (bicyclic) bond motifs is 2. The summed E-state index contributed by atoms with van der Waals surface area (Å²) < 4.78 is 23.0. The van der Waals surface area contributed by atoms with Crippen molar-refractivity contribution in [1.29, 1.82) is 0 Å². The second-order valence-corrected chi connectivity index (χ2v) is 12.2. The predicted molar refractivity (Wildman–Crippen MR) is 153 cm³/mol. The van der Waals surface area contributed by atoms with Gasteiger partial charge >= 0.3 is 0 Å². The van der Waals surface area contributed by atoms with Crippen LogP contribution in [0.3, 0.4) is 0 Å². The molecule has 4 atom stereocenters. The highest BCUT2D eigenvalue weighted by Gasteiger charge is 2.43. The highest BCUT2D eigenvalue weighted by Crippen LogP contribution is 2.53. The van der Waals surface area contributed by atoms with Crippen molar-refractivity contribution < 1.29 is 13.7 Å². The molecule has 1 unspecified atom stereocenters. The van der Waals surface area contributed by atoms with Gasteiger partial charge in [0.2, 0.25) is 0 Å². The van der Waals surface area contributed by atoms with Gasteiger partial charge in [-0.05, 0) is 99.1 Å². The maximum absolute atomic E-state index is 13.3. The van der Waals surface area contributed by atoms with E-state index in [2.05, 4.69) is 34.4 Å². The topological polar surface area (TPSA) is 59.0 Å². The van der Waals surface area contributed by atoms with Gasteiger partial charge in [-0.15, -0.1) is 0 Å². The lowest BCUT2D eigenvalue weighted by Gasteiger charge is -2.40. The zero-order valence-corrected chi connectivity index (χ0v) is 23.2. The molecule has 37 heavy (non-hydrogen) atoms. The molecule has 0 aromatic heterocycles. The molecule has 0 bridgehead atoms. The van der Waals surface area contributed by atoms with Crippen molar-refractivity contribution >= 4 is 33.8 Å². The fourth-order valence-corrected chi connectivity index (χ4v) is 7.14. The molecule has 0 N–H and O–H groups in total. The van der Waals surface area contributed by atoms with E-state index in [1.165, 1.54) is 18.4 Å². The molecule has 1 amide bonds. The molecule has 198 valence electrons. The molecule has 1 fully saturated rings. The number of unbranched alkanes of at least 4 members (excludes halogenated alkanes) is 1. The molecule has 1 saturated carbocycles. The van der Waals surface area contributed by atoms with E-state index in [1.54, 1.807) is 0 Å². The Morgan fingerprint density at radius 1 is 1.19 bits per heavy atom. The van der Waals surface area contributed by atoms with Crippen LogP contribution in [-0.4, -0.2) is 35.6 Å². The molecule has 2 heterocycles. The number of benzene rings is 2. The van der Waals surface area contributed by atoms with Gasteiger partial charge in [0.1, 0.15) is 5.75 Å². The van der Waals surface area contributed by atoms with E-state index < -0.39 is 10.6 Å². The second-order valence-electron chi connectivity index (χ2n) is 10.4. The van der Waals surface area contributed by atoms with Crippen molar-refractivity contribution in [3.63, 3.8) is 0 Å². The number of hydrogen-bond acceptors (Lipinski definition) is 4.